The monoisotopic (exact) mass is 351 g/mol. The molecular weight excluding hydrogens is 334 g/mol. The first-order chi connectivity index (χ1) is 12.3. The Morgan fingerprint density at radius 3 is 2.76 bits per heavy atom. The minimum Gasteiger partial charge on any atom is -0.497 e. The van der Waals surface area contributed by atoms with Crippen molar-refractivity contribution < 1.29 is 9.15 Å². The highest BCUT2D eigenvalue weighted by Gasteiger charge is 2.16. The van der Waals surface area contributed by atoms with Gasteiger partial charge in [-0.05, 0) is 29.8 Å². The van der Waals surface area contributed by atoms with E-state index in [0.29, 0.717) is 6.54 Å². The maximum Gasteiger partial charge on any atom is 0.177 e. The molecule has 1 aliphatic heterocycles. The van der Waals surface area contributed by atoms with Crippen molar-refractivity contribution in [3.05, 3.63) is 65.9 Å². The quantitative estimate of drug-likeness (QED) is 0.771. The lowest BCUT2D eigenvalue weighted by Crippen LogP contribution is -2.25. The molecule has 1 aliphatic rings. The molecule has 0 atom stereocenters. The summed E-state index contributed by atoms with van der Waals surface area (Å²) in [5.41, 5.74) is 5.92. The highest BCUT2D eigenvalue weighted by molar-refractivity contribution is 8.14. The summed E-state index contributed by atoms with van der Waals surface area (Å²) < 4.78 is 11.0. The van der Waals surface area contributed by atoms with Gasteiger partial charge in [0.05, 0.1) is 13.7 Å². The second-order valence-corrected chi connectivity index (χ2v) is 6.54. The van der Waals surface area contributed by atoms with Gasteiger partial charge in [-0.3, -0.25) is 10.4 Å². The van der Waals surface area contributed by atoms with Gasteiger partial charge in [0.2, 0.25) is 0 Å². The predicted octanol–water partition coefficient (Wildman–Crippen LogP) is 4.04. The van der Waals surface area contributed by atoms with Gasteiger partial charge in [0.15, 0.2) is 10.9 Å². The summed E-state index contributed by atoms with van der Waals surface area (Å²) in [6.07, 6.45) is 0. The van der Waals surface area contributed by atoms with E-state index in [2.05, 4.69) is 15.5 Å². The third kappa shape index (κ3) is 3.53. The van der Waals surface area contributed by atoms with Crippen LogP contribution in [0.5, 0.6) is 5.75 Å². The summed E-state index contributed by atoms with van der Waals surface area (Å²) >= 11 is 1.63. The second-order valence-electron chi connectivity index (χ2n) is 5.58. The second kappa shape index (κ2) is 7.03. The number of benzene rings is 2. The van der Waals surface area contributed by atoms with Crippen molar-refractivity contribution >= 4 is 33.6 Å². The average molecular weight is 351 g/mol. The lowest BCUT2D eigenvalue weighted by atomic mass is 10.2. The maximum absolute atomic E-state index is 5.86. The fraction of sp³-hybridized carbons (Fsp3) is 0.158. The molecule has 0 unspecified atom stereocenters. The number of hydrogen-bond donors (Lipinski definition) is 1. The summed E-state index contributed by atoms with van der Waals surface area (Å²) in [5, 5.41) is 6.32. The highest BCUT2D eigenvalue weighted by atomic mass is 32.2. The first-order valence-corrected chi connectivity index (χ1v) is 8.92. The van der Waals surface area contributed by atoms with E-state index in [1.54, 1.807) is 18.9 Å². The molecule has 0 aliphatic carbocycles. The summed E-state index contributed by atoms with van der Waals surface area (Å²) in [7, 11) is 1.66. The zero-order valence-corrected chi connectivity index (χ0v) is 14.5. The van der Waals surface area contributed by atoms with Gasteiger partial charge in [0, 0.05) is 11.1 Å². The minimum absolute atomic E-state index is 0.606. The fourth-order valence-electron chi connectivity index (χ4n) is 2.54. The Morgan fingerprint density at radius 2 is 2.04 bits per heavy atom. The van der Waals surface area contributed by atoms with Crippen molar-refractivity contribution in [3.63, 3.8) is 0 Å². The van der Waals surface area contributed by atoms with Gasteiger partial charge in [0.25, 0.3) is 0 Å². The first-order valence-electron chi connectivity index (χ1n) is 7.93. The number of amidine groups is 1. The van der Waals surface area contributed by atoms with Gasteiger partial charge in [-0.15, -0.1) is 0 Å². The van der Waals surface area contributed by atoms with E-state index in [-0.39, 0.29) is 0 Å². The molecular formula is C19H17N3O2S. The van der Waals surface area contributed by atoms with Crippen LogP contribution in [0.15, 0.2) is 69.1 Å². The van der Waals surface area contributed by atoms with E-state index < -0.39 is 0 Å². The van der Waals surface area contributed by atoms with Crippen LogP contribution < -0.4 is 10.2 Å². The third-order valence-electron chi connectivity index (χ3n) is 3.91. The van der Waals surface area contributed by atoms with Gasteiger partial charge in [0.1, 0.15) is 17.0 Å². The molecule has 3 aromatic rings. The maximum atomic E-state index is 5.86. The van der Waals surface area contributed by atoms with E-state index >= 15 is 0 Å². The number of rotatable bonds is 4. The average Bonchev–Trinajstić information content (AvgIpc) is 3.11. The van der Waals surface area contributed by atoms with Crippen LogP contribution in [0.2, 0.25) is 0 Å². The molecule has 0 amide bonds. The van der Waals surface area contributed by atoms with E-state index in [1.165, 1.54) is 0 Å². The minimum atomic E-state index is 0.606. The predicted molar refractivity (Wildman–Crippen MR) is 102 cm³/mol. The molecule has 0 radical (unpaired) electrons. The van der Waals surface area contributed by atoms with Crippen molar-refractivity contribution in [2.45, 2.75) is 6.54 Å². The number of aliphatic imine (C=N–C) groups is 1. The van der Waals surface area contributed by atoms with Crippen molar-refractivity contribution in [2.24, 2.45) is 10.1 Å². The number of ether oxygens (including phenoxy) is 1. The van der Waals surface area contributed by atoms with Crippen LogP contribution in [0.4, 0.5) is 0 Å². The third-order valence-corrected chi connectivity index (χ3v) is 4.82. The van der Waals surface area contributed by atoms with E-state index in [4.69, 9.17) is 9.15 Å². The van der Waals surface area contributed by atoms with Gasteiger partial charge < -0.3 is 9.15 Å². The molecule has 0 spiro atoms. The van der Waals surface area contributed by atoms with Crippen LogP contribution >= 0.6 is 11.8 Å². The van der Waals surface area contributed by atoms with E-state index in [9.17, 15) is 0 Å². The van der Waals surface area contributed by atoms with Gasteiger partial charge in [-0.2, -0.15) is 5.10 Å². The van der Waals surface area contributed by atoms with Gasteiger partial charge in [-0.25, -0.2) is 0 Å². The Bertz CT molecular complexity index is 912. The number of furan rings is 1. The van der Waals surface area contributed by atoms with Crippen molar-refractivity contribution in [2.75, 3.05) is 12.9 Å². The summed E-state index contributed by atoms with van der Waals surface area (Å²) in [6, 6.07) is 17.9. The lowest BCUT2D eigenvalue weighted by molar-refractivity contribution is 0.414. The molecule has 0 saturated carbocycles. The Labute approximate surface area is 149 Å². The Morgan fingerprint density at radius 1 is 1.20 bits per heavy atom. The number of hydrazone groups is 1. The number of para-hydroxylation sites is 1. The van der Waals surface area contributed by atoms with E-state index in [0.717, 1.165) is 44.7 Å². The topological polar surface area (TPSA) is 59.1 Å². The molecule has 5 nitrogen and oxygen atoms in total. The van der Waals surface area contributed by atoms with Crippen molar-refractivity contribution in [1.29, 1.82) is 0 Å². The van der Waals surface area contributed by atoms with Crippen LogP contribution in [-0.4, -0.2) is 23.7 Å². The molecule has 2 heterocycles. The smallest absolute Gasteiger partial charge is 0.177 e. The number of nitrogens with zero attached hydrogens (tertiary/aromatic N) is 2. The Hall–Kier alpha value is -2.73. The number of thioether (sulfide) groups is 1. The SMILES string of the molecule is COc1ccc(CN=C2NN=C(c3cc4ccccc4o3)CS2)cc1. The van der Waals surface area contributed by atoms with Crippen LogP contribution in [-0.2, 0) is 6.54 Å². The molecule has 2 aromatic carbocycles. The molecule has 0 bridgehead atoms. The molecule has 1 N–H and O–H groups in total. The number of nitrogens with one attached hydrogen (secondary N) is 1. The van der Waals surface area contributed by atoms with Gasteiger partial charge >= 0.3 is 0 Å². The number of fused-ring (bicyclic) bond motifs is 1. The molecule has 6 heteroatoms. The summed E-state index contributed by atoms with van der Waals surface area (Å²) in [5.74, 6) is 2.38. The van der Waals surface area contributed by atoms with Crippen LogP contribution in [0.1, 0.15) is 11.3 Å². The normalized spacial score (nSPS) is 15.9. The molecule has 4 rings (SSSR count). The summed E-state index contributed by atoms with van der Waals surface area (Å²) in [4.78, 5) is 4.57. The highest BCUT2D eigenvalue weighted by Crippen LogP contribution is 2.22. The molecule has 0 saturated heterocycles. The zero-order chi connectivity index (χ0) is 17.1. The largest absolute Gasteiger partial charge is 0.497 e. The fourth-order valence-corrected chi connectivity index (χ4v) is 3.29. The summed E-state index contributed by atoms with van der Waals surface area (Å²) in [6.45, 7) is 0.606. The molecule has 25 heavy (non-hydrogen) atoms. The standard InChI is InChI=1S/C19H17N3O2S/c1-23-15-8-6-13(7-9-15)11-20-19-22-21-16(12-25-19)18-10-14-4-2-3-5-17(14)24-18/h2-10H,11-12H2,1H3,(H,20,22). The van der Waals surface area contributed by atoms with E-state index in [1.807, 2.05) is 54.6 Å². The Kier molecular flexibility index (Phi) is 4.43. The molecule has 126 valence electrons. The van der Waals surface area contributed by atoms with Crippen LogP contribution in [0.25, 0.3) is 11.0 Å². The number of methoxy groups -OCH3 is 1. The molecule has 0 fully saturated rings. The van der Waals surface area contributed by atoms with Crippen LogP contribution in [0.3, 0.4) is 0 Å². The number of hydrogen-bond acceptors (Lipinski definition) is 5. The molecule has 1 aromatic heterocycles. The van der Waals surface area contributed by atoms with Crippen molar-refractivity contribution in [1.82, 2.24) is 5.43 Å². The zero-order valence-electron chi connectivity index (χ0n) is 13.7. The lowest BCUT2D eigenvalue weighted by Gasteiger charge is -2.13. The first kappa shape index (κ1) is 15.8. The van der Waals surface area contributed by atoms with Crippen LogP contribution in [0, 0.1) is 0 Å². The van der Waals surface area contributed by atoms with Crippen molar-refractivity contribution in [3.8, 4) is 5.75 Å². The Balaban J connectivity index is 1.43. The van der Waals surface area contributed by atoms with Gasteiger partial charge in [-0.1, -0.05) is 42.1 Å².